The van der Waals surface area contributed by atoms with Crippen molar-refractivity contribution >= 4 is 24.7 Å². The van der Waals surface area contributed by atoms with E-state index in [1.54, 1.807) is 28.4 Å². The molecule has 0 aromatic heterocycles. The molecule has 92 heavy (non-hydrogen) atoms. The topological polar surface area (TPSA) is 146 Å². The summed E-state index contributed by atoms with van der Waals surface area (Å²) in [6.45, 7) is 11.8. The Morgan fingerprint density at radius 2 is 0.924 bits per heavy atom. The van der Waals surface area contributed by atoms with Gasteiger partial charge in [0.25, 0.3) is 8.32 Å². The van der Waals surface area contributed by atoms with E-state index in [2.05, 4.69) is 76.2 Å². The maximum atomic E-state index is 14.9. The Kier molecular flexibility index (Phi) is 27.0. The van der Waals surface area contributed by atoms with E-state index in [9.17, 15) is 4.79 Å². The van der Waals surface area contributed by atoms with Crippen LogP contribution in [0, 0.1) is 0 Å². The molecule has 498 valence electrons. The predicted octanol–water partition coefficient (Wildman–Crippen LogP) is 14.2. The van der Waals surface area contributed by atoms with Gasteiger partial charge in [-0.15, -0.1) is 0 Å². The first-order valence-corrected chi connectivity index (χ1v) is 35.3. The van der Waals surface area contributed by atoms with Crippen LogP contribution < -0.4 is 29.3 Å². The largest absolute Gasteiger partial charge is 0.497 e. The molecular formula is C76H100O15Si. The Balaban J connectivity index is 1.20. The van der Waals surface area contributed by atoms with Gasteiger partial charge in [0.1, 0.15) is 59.6 Å². The number of benzene rings is 6. The molecule has 3 saturated heterocycles. The highest BCUT2D eigenvalue weighted by molar-refractivity contribution is 6.99. The standard InChI is InChI=1S/C76H100O15Si/c1-10-11-19-26-63-27-20-15-13-12-14-16-25-32-67(77)89-72-70(84-51-57-37-45-61(80-8)46-38-57)68(91-92(76(3,4)5,64-28-21-17-22-29-64)65-30-23-18-24-31-65)54(2)86-74(72)90-73-71(85-52-58-39-47-62(81-9)48-40-58)69(83-50-56-35-43-60(79-7)44-36-56)66(88-75(73)87-63)53-82-49-55-33-41-59(78-6)42-34-55/h17-18,21-24,28-31,33-48,54,63,66,68-75H,10-16,19-20,25-27,32,49-53H2,1-9H3/t54-,63-,66+,68-,69+,70+,71-,72+,73+,74-,75+/m0/s1. The summed E-state index contributed by atoms with van der Waals surface area (Å²) >= 11 is 0. The highest BCUT2D eigenvalue weighted by atomic mass is 28.4. The molecule has 0 N–H and O–H groups in total. The van der Waals surface area contributed by atoms with Crippen LogP contribution in [0.25, 0.3) is 0 Å². The molecule has 16 heteroatoms. The first-order chi connectivity index (χ1) is 44.8. The van der Waals surface area contributed by atoms with Crippen LogP contribution >= 0.6 is 0 Å². The van der Waals surface area contributed by atoms with Gasteiger partial charge in [0.05, 0.1) is 73.7 Å². The van der Waals surface area contributed by atoms with Crippen LogP contribution in [0.3, 0.4) is 0 Å². The quantitative estimate of drug-likeness (QED) is 0.0304. The van der Waals surface area contributed by atoms with Crippen molar-refractivity contribution in [3.05, 3.63) is 180 Å². The maximum absolute atomic E-state index is 14.9. The molecule has 3 aliphatic rings. The summed E-state index contributed by atoms with van der Waals surface area (Å²) in [5.41, 5.74) is 3.63. The third-order valence-electron chi connectivity index (χ3n) is 18.0. The second-order valence-electron chi connectivity index (χ2n) is 25.6. The summed E-state index contributed by atoms with van der Waals surface area (Å²) in [5.74, 6) is 2.52. The molecule has 3 fully saturated rings. The molecule has 3 heterocycles. The van der Waals surface area contributed by atoms with E-state index >= 15 is 0 Å². The fraction of sp³-hybridized carbons (Fsp3) is 0.513. The van der Waals surface area contributed by atoms with Gasteiger partial charge in [-0.3, -0.25) is 4.79 Å². The molecule has 11 atom stereocenters. The third-order valence-corrected chi connectivity index (χ3v) is 23.0. The van der Waals surface area contributed by atoms with Gasteiger partial charge in [0.2, 0.25) is 0 Å². The highest BCUT2D eigenvalue weighted by Crippen LogP contribution is 2.43. The zero-order valence-electron chi connectivity index (χ0n) is 55.7. The first-order valence-electron chi connectivity index (χ1n) is 33.4. The number of ether oxygens (including phenoxy) is 13. The Morgan fingerprint density at radius 3 is 1.40 bits per heavy atom. The average molecular weight is 1280 g/mol. The average Bonchev–Trinajstić information content (AvgIpc) is 0.739. The number of hydrogen-bond acceptors (Lipinski definition) is 15. The van der Waals surface area contributed by atoms with Crippen molar-refractivity contribution in [3.8, 4) is 23.0 Å². The van der Waals surface area contributed by atoms with E-state index < -0.39 is 80.7 Å². The van der Waals surface area contributed by atoms with Gasteiger partial charge in [0, 0.05) is 6.42 Å². The van der Waals surface area contributed by atoms with Gasteiger partial charge in [-0.25, -0.2) is 0 Å². The van der Waals surface area contributed by atoms with E-state index in [1.807, 2.05) is 116 Å². The highest BCUT2D eigenvalue weighted by Gasteiger charge is 2.59. The Labute approximate surface area is 548 Å². The van der Waals surface area contributed by atoms with Crippen LogP contribution in [0.15, 0.2) is 158 Å². The lowest BCUT2D eigenvalue weighted by molar-refractivity contribution is -0.379. The molecule has 0 bridgehead atoms. The zero-order chi connectivity index (χ0) is 64.7. The second kappa shape index (κ2) is 35.4. The number of rotatable bonds is 25. The Bertz CT molecular complexity index is 3020. The number of methoxy groups -OCH3 is 4. The number of unbranched alkanes of at least 4 members (excludes halogenated alkanes) is 2. The molecule has 3 aliphatic heterocycles. The number of fused-ring (bicyclic) bond motifs is 2. The number of esters is 1. The van der Waals surface area contributed by atoms with E-state index in [4.69, 9.17) is 66.0 Å². The van der Waals surface area contributed by atoms with Gasteiger partial charge >= 0.3 is 5.97 Å². The normalized spacial score (nSPS) is 24.6. The van der Waals surface area contributed by atoms with Crippen molar-refractivity contribution in [1.29, 1.82) is 0 Å². The van der Waals surface area contributed by atoms with Gasteiger partial charge in [-0.05, 0) is 112 Å². The van der Waals surface area contributed by atoms with Crippen molar-refractivity contribution in [2.45, 2.75) is 217 Å². The van der Waals surface area contributed by atoms with E-state index in [1.165, 1.54) is 0 Å². The molecule has 0 saturated carbocycles. The van der Waals surface area contributed by atoms with E-state index in [0.29, 0.717) is 12.2 Å². The number of carbonyl (C=O) groups is 1. The smallest absolute Gasteiger partial charge is 0.306 e. The number of carbonyl (C=O) groups excluding carboxylic acids is 1. The molecular weight excluding hydrogens is 1180 g/mol. The van der Waals surface area contributed by atoms with Gasteiger partial charge in [0.15, 0.2) is 18.7 Å². The van der Waals surface area contributed by atoms with Crippen molar-refractivity contribution in [2.75, 3.05) is 35.0 Å². The van der Waals surface area contributed by atoms with E-state index in [0.717, 1.165) is 121 Å². The van der Waals surface area contributed by atoms with Crippen molar-refractivity contribution in [1.82, 2.24) is 0 Å². The summed E-state index contributed by atoms with van der Waals surface area (Å²) in [6, 6.07) is 52.3. The summed E-state index contributed by atoms with van der Waals surface area (Å²) < 4.78 is 96.0. The summed E-state index contributed by atoms with van der Waals surface area (Å²) in [6.07, 6.45) is 1.79. The molecule has 0 unspecified atom stereocenters. The van der Waals surface area contributed by atoms with E-state index in [-0.39, 0.29) is 45.6 Å². The molecule has 0 radical (unpaired) electrons. The second-order valence-corrected chi connectivity index (χ2v) is 29.8. The number of hydrogen-bond donors (Lipinski definition) is 0. The van der Waals surface area contributed by atoms with Crippen LogP contribution in [-0.4, -0.2) is 117 Å². The third kappa shape index (κ3) is 19.0. The minimum Gasteiger partial charge on any atom is -0.497 e. The van der Waals surface area contributed by atoms with Crippen LogP contribution in [0.2, 0.25) is 5.04 Å². The molecule has 0 aliphatic carbocycles. The summed E-state index contributed by atoms with van der Waals surface area (Å²) in [7, 11) is 3.23. The molecule has 0 spiro atoms. The lowest BCUT2D eigenvalue weighted by Gasteiger charge is -2.52. The summed E-state index contributed by atoms with van der Waals surface area (Å²) in [5, 5.41) is 1.71. The van der Waals surface area contributed by atoms with Gasteiger partial charge in [-0.2, -0.15) is 0 Å². The molecule has 6 aromatic rings. The van der Waals surface area contributed by atoms with Gasteiger partial charge < -0.3 is 66.0 Å². The van der Waals surface area contributed by atoms with Crippen molar-refractivity contribution < 1.29 is 70.8 Å². The minimum absolute atomic E-state index is 0.106. The van der Waals surface area contributed by atoms with Crippen molar-refractivity contribution in [2.24, 2.45) is 0 Å². The molecule has 6 aromatic carbocycles. The molecule has 9 rings (SSSR count). The lowest BCUT2D eigenvalue weighted by Crippen LogP contribution is -2.72. The van der Waals surface area contributed by atoms with Crippen molar-refractivity contribution in [3.63, 3.8) is 0 Å². The zero-order valence-corrected chi connectivity index (χ0v) is 56.7. The predicted molar refractivity (Wildman–Crippen MR) is 358 cm³/mol. The fourth-order valence-corrected chi connectivity index (χ4v) is 17.6. The monoisotopic (exact) mass is 1280 g/mol. The molecule has 0 amide bonds. The van der Waals surface area contributed by atoms with Gasteiger partial charge in [-0.1, -0.05) is 195 Å². The first kappa shape index (κ1) is 70.2. The van der Waals surface area contributed by atoms with Crippen LogP contribution in [0.1, 0.15) is 140 Å². The summed E-state index contributed by atoms with van der Waals surface area (Å²) in [4.78, 5) is 14.9. The minimum atomic E-state index is -3.37. The molecule has 15 nitrogen and oxygen atoms in total. The maximum Gasteiger partial charge on any atom is 0.306 e. The Hall–Kier alpha value is -6.15. The van der Waals surface area contributed by atoms with Crippen LogP contribution in [0.4, 0.5) is 0 Å². The lowest BCUT2D eigenvalue weighted by atomic mass is 9.96. The SMILES string of the molecule is CCCCC[C@H]1CCCCCCCCCC(=O)O[C@H]2[C@H](O[C@H]3[C@H](O1)O[C@H](COCc1ccc(OC)cc1)[C@@H](OCc1ccc(OC)cc1)[C@@H]3OCc1ccc(OC)cc1)O[C@@H](C)[C@H](O[Si](c1ccccc1)(c1ccccc1)C(C)(C)C)[C@H]2OCc1ccc(OC)cc1. The Morgan fingerprint density at radius 1 is 0.478 bits per heavy atom. The van der Waals surface area contributed by atoms with Crippen LogP contribution in [-0.2, 0) is 78.3 Å². The fourth-order valence-electron chi connectivity index (χ4n) is 12.9. The van der Waals surface area contributed by atoms with Crippen LogP contribution in [0.5, 0.6) is 23.0 Å².